The molecule has 8 rings (SSSR count). The van der Waals surface area contributed by atoms with Crippen LogP contribution in [0.15, 0.2) is 146 Å². The maximum atomic E-state index is 5.25. The number of para-hydroxylation sites is 4. The number of nitrogens with one attached hydrogen (secondary N) is 1. The number of hydrogen-bond donors (Lipinski definition) is 1. The van der Waals surface area contributed by atoms with Gasteiger partial charge in [0.1, 0.15) is 11.5 Å². The maximum Gasteiger partial charge on any atom is 0.119 e. The molecule has 2 aromatic heterocycles. The SMILES string of the molecule is C.COc1ccc(-n2c3ccccc3c3ccccc32)cc1.COc1ccc(I)cc1.c1ccc2c(c1)[nH]c1ccccc12. The molecule has 2 heterocycles. The molecule has 4 nitrogen and oxygen atoms in total. The molecule has 1 N–H and O–H groups in total. The Bertz CT molecular complexity index is 2010. The summed E-state index contributed by atoms with van der Waals surface area (Å²) in [6.07, 6.45) is 0. The number of ether oxygens (including phenoxy) is 2. The van der Waals surface area contributed by atoms with Crippen molar-refractivity contribution < 1.29 is 9.47 Å². The van der Waals surface area contributed by atoms with E-state index in [0.29, 0.717) is 0 Å². The molecule has 0 unspecified atom stereocenters. The van der Waals surface area contributed by atoms with E-state index in [2.05, 4.69) is 141 Å². The molecule has 0 atom stereocenters. The first-order valence-corrected chi connectivity index (χ1v) is 15.1. The Kier molecular flexibility index (Phi) is 9.87. The summed E-state index contributed by atoms with van der Waals surface area (Å²) in [5, 5.41) is 5.17. The highest BCUT2D eigenvalue weighted by Gasteiger charge is 2.11. The van der Waals surface area contributed by atoms with E-state index >= 15 is 0 Å². The average molecular weight is 691 g/mol. The predicted octanol–water partition coefficient (Wildman–Crippen LogP) is 11.0. The topological polar surface area (TPSA) is 39.2 Å². The standard InChI is InChI=1S/C19H15NO.C12H9N.C7H7IO.CH4/c1-21-15-12-10-14(11-13-15)20-18-8-4-2-6-16(18)17-7-3-5-9-19(17)20;1-3-7-11-9(5-1)10-6-2-4-8-12(10)13-11;1-9-7-4-2-6(8)3-5-7;/h2-13H,1H3;1-8,13H;2-5H,1H3;1H4. The molecule has 0 amide bonds. The van der Waals surface area contributed by atoms with Crippen molar-refractivity contribution in [2.24, 2.45) is 0 Å². The second kappa shape index (κ2) is 14.1. The fourth-order valence-corrected chi connectivity index (χ4v) is 5.66. The van der Waals surface area contributed by atoms with Gasteiger partial charge in [-0.25, -0.2) is 0 Å². The number of hydrogen-bond acceptors (Lipinski definition) is 2. The average Bonchev–Trinajstić information content (AvgIpc) is 3.62. The summed E-state index contributed by atoms with van der Waals surface area (Å²) in [7, 11) is 3.36. The first-order valence-electron chi connectivity index (χ1n) is 14.0. The van der Waals surface area contributed by atoms with Crippen LogP contribution in [0.5, 0.6) is 11.5 Å². The lowest BCUT2D eigenvalue weighted by molar-refractivity contribution is 0.414. The van der Waals surface area contributed by atoms with Gasteiger partial charge >= 0.3 is 0 Å². The van der Waals surface area contributed by atoms with Gasteiger partial charge in [-0.05, 0) is 95.4 Å². The van der Waals surface area contributed by atoms with E-state index in [1.54, 1.807) is 14.2 Å². The summed E-state index contributed by atoms with van der Waals surface area (Å²) in [5.41, 5.74) is 6.02. The predicted molar refractivity (Wildman–Crippen MR) is 196 cm³/mol. The number of aromatic nitrogens is 2. The minimum absolute atomic E-state index is 0. The van der Waals surface area contributed by atoms with Crippen molar-refractivity contribution >= 4 is 66.2 Å². The largest absolute Gasteiger partial charge is 0.497 e. The summed E-state index contributed by atoms with van der Waals surface area (Å²) < 4.78 is 13.7. The van der Waals surface area contributed by atoms with Crippen LogP contribution in [0.4, 0.5) is 0 Å². The molecule has 0 spiro atoms. The Morgan fingerprint density at radius 1 is 0.477 bits per heavy atom. The Morgan fingerprint density at radius 2 is 0.864 bits per heavy atom. The summed E-state index contributed by atoms with van der Waals surface area (Å²) in [6.45, 7) is 0. The monoisotopic (exact) mass is 690 g/mol. The van der Waals surface area contributed by atoms with E-state index < -0.39 is 0 Å². The van der Waals surface area contributed by atoms with Gasteiger partial charge in [0.15, 0.2) is 0 Å². The summed E-state index contributed by atoms with van der Waals surface area (Å²) in [4.78, 5) is 3.38. The van der Waals surface area contributed by atoms with Crippen molar-refractivity contribution in [1.82, 2.24) is 9.55 Å². The molecule has 0 saturated heterocycles. The second-order valence-electron chi connectivity index (χ2n) is 9.94. The van der Waals surface area contributed by atoms with Crippen molar-refractivity contribution in [2.45, 2.75) is 7.43 Å². The fraction of sp³-hybridized carbons (Fsp3) is 0.0769. The number of halogens is 1. The van der Waals surface area contributed by atoms with E-state index in [4.69, 9.17) is 9.47 Å². The van der Waals surface area contributed by atoms with Crippen LogP contribution in [0.3, 0.4) is 0 Å². The van der Waals surface area contributed by atoms with Gasteiger partial charge in [0.05, 0.1) is 25.3 Å². The maximum absolute atomic E-state index is 5.25. The summed E-state index contributed by atoms with van der Waals surface area (Å²) >= 11 is 2.26. The molecular formula is C39H35IN2O2. The Labute approximate surface area is 272 Å². The Morgan fingerprint density at radius 3 is 1.32 bits per heavy atom. The van der Waals surface area contributed by atoms with Crippen molar-refractivity contribution in [1.29, 1.82) is 0 Å². The lowest BCUT2D eigenvalue weighted by atomic mass is 10.2. The van der Waals surface area contributed by atoms with E-state index in [0.717, 1.165) is 17.2 Å². The zero-order chi connectivity index (χ0) is 29.6. The number of H-pyrrole nitrogens is 1. The second-order valence-corrected chi connectivity index (χ2v) is 11.2. The lowest BCUT2D eigenvalue weighted by Gasteiger charge is -2.08. The zero-order valence-corrected chi connectivity index (χ0v) is 26.2. The highest BCUT2D eigenvalue weighted by atomic mass is 127. The van der Waals surface area contributed by atoms with Crippen LogP contribution in [0.1, 0.15) is 7.43 Å². The van der Waals surface area contributed by atoms with Crippen LogP contribution in [-0.2, 0) is 0 Å². The molecule has 0 aliphatic heterocycles. The van der Waals surface area contributed by atoms with Crippen molar-refractivity contribution in [3.05, 3.63) is 149 Å². The van der Waals surface area contributed by atoms with E-state index in [1.165, 1.54) is 47.2 Å². The molecule has 0 bridgehead atoms. The number of fused-ring (bicyclic) bond motifs is 6. The quantitative estimate of drug-likeness (QED) is 0.188. The summed E-state index contributed by atoms with van der Waals surface area (Å²) in [5.74, 6) is 1.79. The molecule has 8 aromatic rings. The van der Waals surface area contributed by atoms with Gasteiger partial charge in [0.25, 0.3) is 0 Å². The van der Waals surface area contributed by atoms with Gasteiger partial charge in [0, 0.05) is 41.8 Å². The normalized spacial score (nSPS) is 10.4. The third-order valence-electron chi connectivity index (χ3n) is 7.37. The highest BCUT2D eigenvalue weighted by Crippen LogP contribution is 2.32. The minimum Gasteiger partial charge on any atom is -0.497 e. The molecule has 0 radical (unpaired) electrons. The van der Waals surface area contributed by atoms with Crippen molar-refractivity contribution in [3.8, 4) is 17.2 Å². The zero-order valence-electron chi connectivity index (χ0n) is 24.0. The van der Waals surface area contributed by atoms with Crippen LogP contribution in [0.25, 0.3) is 49.3 Å². The number of methoxy groups -OCH3 is 2. The molecular weight excluding hydrogens is 655 g/mol. The summed E-state index contributed by atoms with van der Waals surface area (Å²) in [6, 6.07) is 49.9. The first kappa shape index (κ1) is 30.7. The fourth-order valence-electron chi connectivity index (χ4n) is 5.30. The van der Waals surface area contributed by atoms with Gasteiger partial charge in [-0.1, -0.05) is 80.2 Å². The Hall–Kier alpha value is -4.75. The molecule has 44 heavy (non-hydrogen) atoms. The van der Waals surface area contributed by atoms with Crippen LogP contribution in [0, 0.1) is 3.57 Å². The molecule has 0 aliphatic carbocycles. The van der Waals surface area contributed by atoms with Gasteiger partial charge in [0.2, 0.25) is 0 Å². The highest BCUT2D eigenvalue weighted by molar-refractivity contribution is 14.1. The first-order chi connectivity index (χ1) is 21.2. The van der Waals surface area contributed by atoms with Gasteiger partial charge in [-0.3, -0.25) is 0 Å². The third kappa shape index (κ3) is 6.43. The van der Waals surface area contributed by atoms with Crippen molar-refractivity contribution in [3.63, 3.8) is 0 Å². The number of rotatable bonds is 3. The van der Waals surface area contributed by atoms with Gasteiger partial charge < -0.3 is 19.0 Å². The van der Waals surface area contributed by atoms with E-state index in [-0.39, 0.29) is 7.43 Å². The number of aromatic amines is 1. The number of benzene rings is 6. The molecule has 0 fully saturated rings. The van der Waals surface area contributed by atoms with Crippen LogP contribution in [-0.4, -0.2) is 23.8 Å². The van der Waals surface area contributed by atoms with Crippen LogP contribution >= 0.6 is 22.6 Å². The lowest BCUT2D eigenvalue weighted by Crippen LogP contribution is -1.93. The minimum atomic E-state index is 0. The van der Waals surface area contributed by atoms with Gasteiger partial charge in [-0.15, -0.1) is 0 Å². The molecule has 0 saturated carbocycles. The molecule has 0 aliphatic rings. The van der Waals surface area contributed by atoms with Gasteiger partial charge in [-0.2, -0.15) is 0 Å². The van der Waals surface area contributed by atoms with Crippen molar-refractivity contribution in [2.75, 3.05) is 14.2 Å². The van der Waals surface area contributed by atoms with E-state index in [1.807, 2.05) is 36.4 Å². The van der Waals surface area contributed by atoms with Crippen LogP contribution in [0.2, 0.25) is 0 Å². The number of nitrogens with zero attached hydrogens (tertiary/aromatic N) is 1. The molecule has 220 valence electrons. The Balaban J connectivity index is 0.000000143. The molecule has 5 heteroatoms. The van der Waals surface area contributed by atoms with E-state index in [9.17, 15) is 0 Å². The molecule has 6 aromatic carbocycles. The third-order valence-corrected chi connectivity index (χ3v) is 8.09. The smallest absolute Gasteiger partial charge is 0.119 e. The van der Waals surface area contributed by atoms with Crippen LogP contribution < -0.4 is 9.47 Å².